The summed E-state index contributed by atoms with van der Waals surface area (Å²) >= 11 is 0. The van der Waals surface area contributed by atoms with Gasteiger partial charge in [0, 0.05) is 7.05 Å². The maximum Gasteiger partial charge on any atom is 0.236 e. The van der Waals surface area contributed by atoms with Gasteiger partial charge in [-0.15, -0.1) is 0 Å². The fourth-order valence-corrected chi connectivity index (χ4v) is 1.11. The topological polar surface area (TPSA) is 41.1 Å². The lowest BCUT2D eigenvalue weighted by molar-refractivity contribution is -0.123. The van der Waals surface area contributed by atoms with E-state index in [1.807, 2.05) is 7.05 Å². The summed E-state index contributed by atoms with van der Waals surface area (Å²) in [5.74, 6) is 0.0624. The van der Waals surface area contributed by atoms with Crippen molar-refractivity contribution in [2.75, 3.05) is 14.1 Å². The van der Waals surface area contributed by atoms with E-state index < -0.39 is 0 Å². The number of carbonyl (C=O) groups excluding carboxylic acids is 1. The van der Waals surface area contributed by atoms with Gasteiger partial charge in [-0.05, 0) is 18.9 Å². The summed E-state index contributed by atoms with van der Waals surface area (Å²) in [7, 11) is 3.47. The Kier molecular flexibility index (Phi) is 4.24. The Morgan fingerprint density at radius 3 is 2.08 bits per heavy atom. The number of rotatable bonds is 3. The van der Waals surface area contributed by atoms with Crippen molar-refractivity contribution in [1.29, 1.82) is 0 Å². The van der Waals surface area contributed by atoms with Gasteiger partial charge in [0.05, 0.1) is 6.04 Å². The zero-order valence-corrected chi connectivity index (χ0v) is 8.69. The van der Waals surface area contributed by atoms with Gasteiger partial charge in [0.25, 0.3) is 0 Å². The molecule has 0 aromatic rings. The number of likely N-dealkylation sites (N-methyl/N-ethyl adjacent to an activating group) is 2. The van der Waals surface area contributed by atoms with Crippen molar-refractivity contribution in [3.63, 3.8) is 0 Å². The van der Waals surface area contributed by atoms with Crippen molar-refractivity contribution in [3.8, 4) is 0 Å². The highest BCUT2D eigenvalue weighted by molar-refractivity contribution is 5.81. The zero-order valence-electron chi connectivity index (χ0n) is 8.69. The van der Waals surface area contributed by atoms with Crippen molar-refractivity contribution in [1.82, 2.24) is 10.6 Å². The van der Waals surface area contributed by atoms with Gasteiger partial charge in [0.2, 0.25) is 5.91 Å². The average Bonchev–Trinajstić information content (AvgIpc) is 1.97. The average molecular weight is 172 g/mol. The van der Waals surface area contributed by atoms with E-state index >= 15 is 0 Å². The number of nitrogens with one attached hydrogen (secondary N) is 2. The first-order valence-corrected chi connectivity index (χ1v) is 4.29. The molecule has 0 aliphatic carbocycles. The number of carbonyl (C=O) groups is 1. The minimum absolute atomic E-state index is 0.0624. The van der Waals surface area contributed by atoms with Crippen LogP contribution >= 0.6 is 0 Å². The molecule has 0 bridgehead atoms. The van der Waals surface area contributed by atoms with Crippen LogP contribution in [0.5, 0.6) is 0 Å². The molecular formula is C9H20N2O. The second-order valence-electron chi connectivity index (χ2n) is 4.22. The van der Waals surface area contributed by atoms with Crippen LogP contribution in [0.25, 0.3) is 0 Å². The maximum absolute atomic E-state index is 11.2. The molecule has 0 spiro atoms. The second kappa shape index (κ2) is 4.45. The first-order valence-electron chi connectivity index (χ1n) is 4.29. The first-order chi connectivity index (χ1) is 5.40. The molecule has 1 atom stereocenters. The molecule has 0 heterocycles. The summed E-state index contributed by atoms with van der Waals surface area (Å²) in [4.78, 5) is 11.2. The molecule has 3 heteroatoms. The summed E-state index contributed by atoms with van der Waals surface area (Å²) in [6, 6.07) is -0.0741. The highest BCUT2D eigenvalue weighted by atomic mass is 16.2. The van der Waals surface area contributed by atoms with Crippen LogP contribution in [0, 0.1) is 5.41 Å². The van der Waals surface area contributed by atoms with Crippen molar-refractivity contribution >= 4 is 5.91 Å². The molecule has 3 nitrogen and oxygen atoms in total. The molecule has 1 amide bonds. The Morgan fingerprint density at radius 1 is 1.33 bits per heavy atom. The molecule has 0 aromatic heterocycles. The number of hydrogen-bond donors (Lipinski definition) is 2. The SMILES string of the molecule is CNC(=O)[C@@H](CC(C)(C)C)NC. The van der Waals surface area contributed by atoms with Crippen molar-refractivity contribution in [3.05, 3.63) is 0 Å². The van der Waals surface area contributed by atoms with Gasteiger partial charge in [-0.25, -0.2) is 0 Å². The van der Waals surface area contributed by atoms with Gasteiger partial charge in [-0.2, -0.15) is 0 Å². The van der Waals surface area contributed by atoms with Crippen LogP contribution in [0.3, 0.4) is 0 Å². The molecule has 0 rings (SSSR count). The molecule has 0 fully saturated rings. The molecule has 12 heavy (non-hydrogen) atoms. The minimum Gasteiger partial charge on any atom is -0.358 e. The summed E-state index contributed by atoms with van der Waals surface area (Å²) < 4.78 is 0. The third kappa shape index (κ3) is 4.34. The lowest BCUT2D eigenvalue weighted by atomic mass is 9.88. The van der Waals surface area contributed by atoms with E-state index in [0.717, 1.165) is 6.42 Å². The molecule has 0 aliphatic heterocycles. The van der Waals surface area contributed by atoms with Crippen LogP contribution in [0.2, 0.25) is 0 Å². The van der Waals surface area contributed by atoms with E-state index in [2.05, 4.69) is 31.4 Å². The van der Waals surface area contributed by atoms with Crippen LogP contribution in [-0.4, -0.2) is 26.0 Å². The number of hydrogen-bond acceptors (Lipinski definition) is 2. The van der Waals surface area contributed by atoms with Crippen LogP contribution in [0.1, 0.15) is 27.2 Å². The Bertz CT molecular complexity index is 149. The third-order valence-electron chi connectivity index (χ3n) is 1.73. The highest BCUT2D eigenvalue weighted by Gasteiger charge is 2.22. The van der Waals surface area contributed by atoms with E-state index in [9.17, 15) is 4.79 Å². The van der Waals surface area contributed by atoms with Crippen molar-refractivity contribution in [2.45, 2.75) is 33.2 Å². The van der Waals surface area contributed by atoms with Crippen LogP contribution in [0.4, 0.5) is 0 Å². The quantitative estimate of drug-likeness (QED) is 0.660. The molecule has 2 N–H and O–H groups in total. The van der Waals surface area contributed by atoms with E-state index in [1.165, 1.54) is 0 Å². The Morgan fingerprint density at radius 2 is 1.83 bits per heavy atom. The summed E-state index contributed by atoms with van der Waals surface area (Å²) in [6.07, 6.45) is 0.850. The van der Waals surface area contributed by atoms with Crippen LogP contribution in [0.15, 0.2) is 0 Å². The summed E-state index contributed by atoms with van der Waals surface area (Å²) in [5.41, 5.74) is 0.181. The van der Waals surface area contributed by atoms with E-state index in [-0.39, 0.29) is 17.4 Å². The molecule has 0 radical (unpaired) electrons. The van der Waals surface area contributed by atoms with Crippen LogP contribution in [-0.2, 0) is 4.79 Å². The highest BCUT2D eigenvalue weighted by Crippen LogP contribution is 2.20. The van der Waals surface area contributed by atoms with Gasteiger partial charge >= 0.3 is 0 Å². The van der Waals surface area contributed by atoms with Crippen LogP contribution < -0.4 is 10.6 Å². The normalized spacial score (nSPS) is 14.1. The molecule has 0 aromatic carbocycles. The van der Waals surface area contributed by atoms with Gasteiger partial charge in [0.1, 0.15) is 0 Å². The summed E-state index contributed by atoms with van der Waals surface area (Å²) in [5, 5.41) is 5.63. The Labute approximate surface area is 74.9 Å². The standard InChI is InChI=1S/C9H20N2O/c1-9(2,3)6-7(10-4)8(12)11-5/h7,10H,6H2,1-5H3,(H,11,12)/t7-/m1/s1. The van der Waals surface area contributed by atoms with Crippen molar-refractivity contribution in [2.24, 2.45) is 5.41 Å². The monoisotopic (exact) mass is 172 g/mol. The molecule has 0 aliphatic rings. The lowest BCUT2D eigenvalue weighted by Gasteiger charge is -2.24. The minimum atomic E-state index is -0.0741. The summed E-state index contributed by atoms with van der Waals surface area (Å²) in [6.45, 7) is 6.38. The largest absolute Gasteiger partial charge is 0.358 e. The molecule has 72 valence electrons. The van der Waals surface area contributed by atoms with E-state index in [1.54, 1.807) is 7.05 Å². The van der Waals surface area contributed by atoms with Gasteiger partial charge in [0.15, 0.2) is 0 Å². The zero-order chi connectivity index (χ0) is 9.78. The molecule has 0 saturated heterocycles. The van der Waals surface area contributed by atoms with E-state index in [4.69, 9.17) is 0 Å². The van der Waals surface area contributed by atoms with Gasteiger partial charge in [-0.3, -0.25) is 4.79 Å². The third-order valence-corrected chi connectivity index (χ3v) is 1.73. The fraction of sp³-hybridized carbons (Fsp3) is 0.889. The second-order valence-corrected chi connectivity index (χ2v) is 4.22. The predicted octanol–water partition coefficient (Wildman–Crippen LogP) is 0.757. The maximum atomic E-state index is 11.2. The smallest absolute Gasteiger partial charge is 0.236 e. The Hall–Kier alpha value is -0.570. The van der Waals surface area contributed by atoms with Gasteiger partial charge < -0.3 is 10.6 Å². The Balaban J connectivity index is 4.09. The van der Waals surface area contributed by atoms with E-state index in [0.29, 0.717) is 0 Å². The molecule has 0 saturated carbocycles. The number of amides is 1. The van der Waals surface area contributed by atoms with Gasteiger partial charge in [-0.1, -0.05) is 20.8 Å². The van der Waals surface area contributed by atoms with Crippen molar-refractivity contribution < 1.29 is 4.79 Å². The molecule has 0 unspecified atom stereocenters. The first kappa shape index (κ1) is 11.4. The predicted molar refractivity (Wildman–Crippen MR) is 51.0 cm³/mol. The molecular weight excluding hydrogens is 152 g/mol. The fourth-order valence-electron chi connectivity index (χ4n) is 1.11. The lowest BCUT2D eigenvalue weighted by Crippen LogP contribution is -2.43.